The number of amides is 3. The van der Waals surface area contributed by atoms with E-state index in [1.165, 1.54) is 0 Å². The van der Waals surface area contributed by atoms with E-state index in [1.807, 2.05) is 19.1 Å². The van der Waals surface area contributed by atoms with Crippen molar-refractivity contribution in [2.45, 2.75) is 6.92 Å². The summed E-state index contributed by atoms with van der Waals surface area (Å²) in [5, 5.41) is 5.21. The van der Waals surface area contributed by atoms with Crippen molar-refractivity contribution in [2.24, 2.45) is 0 Å². The number of anilines is 1. The maximum Gasteiger partial charge on any atom is 0.269 e. The van der Waals surface area contributed by atoms with Crippen molar-refractivity contribution in [1.29, 1.82) is 0 Å². The third kappa shape index (κ3) is 6.22. The van der Waals surface area contributed by atoms with Crippen LogP contribution in [-0.2, 0) is 0 Å². The molecule has 3 amide bonds. The van der Waals surface area contributed by atoms with Crippen molar-refractivity contribution in [3.8, 4) is 0 Å². The van der Waals surface area contributed by atoms with Crippen molar-refractivity contribution in [3.63, 3.8) is 0 Å². The summed E-state index contributed by atoms with van der Waals surface area (Å²) >= 11 is 8.43. The molecule has 7 nitrogen and oxygen atoms in total. The number of hydrogen-bond donors (Lipinski definition) is 4. The normalized spacial score (nSPS) is 10.1. The molecule has 0 aromatic heterocycles. The number of benzene rings is 3. The van der Waals surface area contributed by atoms with Gasteiger partial charge in [-0.15, -0.1) is 0 Å². The minimum Gasteiger partial charge on any atom is -0.322 e. The molecule has 0 heterocycles. The first-order valence-corrected chi connectivity index (χ1v) is 10.7. The number of hydrogen-bond acceptors (Lipinski definition) is 4. The van der Waals surface area contributed by atoms with Gasteiger partial charge in [-0.25, -0.2) is 0 Å². The molecule has 3 rings (SSSR count). The minimum atomic E-state index is -0.458. The van der Waals surface area contributed by atoms with Crippen LogP contribution in [0.5, 0.6) is 0 Å². The van der Waals surface area contributed by atoms with Gasteiger partial charge in [-0.1, -0.05) is 40.2 Å². The molecule has 4 N–H and O–H groups in total. The van der Waals surface area contributed by atoms with Crippen LogP contribution >= 0.6 is 28.1 Å². The maximum atomic E-state index is 12.3. The van der Waals surface area contributed by atoms with Crippen LogP contribution in [0.4, 0.5) is 5.69 Å². The Kier molecular flexibility index (Phi) is 7.69. The van der Waals surface area contributed by atoms with Crippen LogP contribution in [0.2, 0.25) is 0 Å². The summed E-state index contributed by atoms with van der Waals surface area (Å²) in [4.78, 5) is 36.7. The topological polar surface area (TPSA) is 99.3 Å². The molecule has 0 aliphatic rings. The molecule has 32 heavy (non-hydrogen) atoms. The number of aryl methyl sites for hydroxylation is 1. The highest BCUT2D eigenvalue weighted by atomic mass is 79.9. The van der Waals surface area contributed by atoms with Crippen LogP contribution in [0, 0.1) is 6.92 Å². The fourth-order valence-corrected chi connectivity index (χ4v) is 3.15. The highest BCUT2D eigenvalue weighted by Crippen LogP contribution is 2.17. The fraction of sp³-hybridized carbons (Fsp3) is 0.0435. The number of thiocarbonyl (C=S) groups is 1. The first kappa shape index (κ1) is 23.1. The van der Waals surface area contributed by atoms with E-state index in [1.54, 1.807) is 60.7 Å². The summed E-state index contributed by atoms with van der Waals surface area (Å²) in [5.74, 6) is -1.11. The largest absolute Gasteiger partial charge is 0.322 e. The number of halogens is 1. The summed E-state index contributed by atoms with van der Waals surface area (Å²) in [6.45, 7) is 1.91. The van der Waals surface area contributed by atoms with Gasteiger partial charge in [-0.2, -0.15) is 0 Å². The Hall–Kier alpha value is -3.56. The third-order valence-electron chi connectivity index (χ3n) is 4.39. The number of carbonyl (C=O) groups is 3. The third-order valence-corrected chi connectivity index (χ3v) is 5.45. The van der Waals surface area contributed by atoms with Crippen molar-refractivity contribution >= 4 is 56.7 Å². The van der Waals surface area contributed by atoms with Gasteiger partial charge in [0.25, 0.3) is 17.7 Å². The van der Waals surface area contributed by atoms with Gasteiger partial charge in [0.15, 0.2) is 5.11 Å². The van der Waals surface area contributed by atoms with Crippen LogP contribution in [0.3, 0.4) is 0 Å². The molecular weight excluding hydrogens is 492 g/mol. The van der Waals surface area contributed by atoms with Crippen molar-refractivity contribution in [3.05, 3.63) is 99.5 Å². The Bertz CT molecular complexity index is 1170. The molecule has 0 saturated carbocycles. The summed E-state index contributed by atoms with van der Waals surface area (Å²) in [5.41, 5.74) is 7.76. The molecule has 0 saturated heterocycles. The minimum absolute atomic E-state index is 0.0493. The quantitative estimate of drug-likeness (QED) is 0.314. The second-order valence-electron chi connectivity index (χ2n) is 6.72. The number of hydrazine groups is 1. The first-order chi connectivity index (χ1) is 15.3. The molecule has 0 fully saturated rings. The lowest BCUT2D eigenvalue weighted by atomic mass is 10.1. The van der Waals surface area contributed by atoms with Gasteiger partial charge in [-0.3, -0.25) is 30.6 Å². The smallest absolute Gasteiger partial charge is 0.269 e. The predicted molar refractivity (Wildman–Crippen MR) is 130 cm³/mol. The van der Waals surface area contributed by atoms with E-state index in [-0.39, 0.29) is 11.0 Å². The molecule has 0 spiro atoms. The zero-order valence-corrected chi connectivity index (χ0v) is 19.3. The number of nitrogens with one attached hydrogen (secondary N) is 4. The molecule has 162 valence electrons. The Labute approximate surface area is 198 Å². The van der Waals surface area contributed by atoms with E-state index >= 15 is 0 Å². The first-order valence-electron chi connectivity index (χ1n) is 9.48. The molecule has 3 aromatic rings. The summed E-state index contributed by atoms with van der Waals surface area (Å²) in [7, 11) is 0. The SMILES string of the molecule is Cc1ccc(C(=O)NC(=S)NNC(=O)c2ccc(NC(=O)c3ccccc3)cc2)cc1Br. The zero-order chi connectivity index (χ0) is 23.1. The van der Waals surface area contributed by atoms with Crippen molar-refractivity contribution < 1.29 is 14.4 Å². The van der Waals surface area contributed by atoms with E-state index in [2.05, 4.69) is 37.4 Å². The van der Waals surface area contributed by atoms with Gasteiger partial charge >= 0.3 is 0 Å². The molecule has 0 radical (unpaired) electrons. The fourth-order valence-electron chi connectivity index (χ4n) is 2.62. The summed E-state index contributed by atoms with van der Waals surface area (Å²) in [6.07, 6.45) is 0. The van der Waals surface area contributed by atoms with Gasteiger partial charge in [0.1, 0.15) is 0 Å². The lowest BCUT2D eigenvalue weighted by Crippen LogP contribution is -2.48. The highest BCUT2D eigenvalue weighted by molar-refractivity contribution is 9.10. The van der Waals surface area contributed by atoms with E-state index < -0.39 is 11.8 Å². The predicted octanol–water partition coefficient (Wildman–Crippen LogP) is 3.96. The highest BCUT2D eigenvalue weighted by Gasteiger charge is 2.11. The van der Waals surface area contributed by atoms with Gasteiger partial charge in [0.2, 0.25) is 0 Å². The Morgan fingerprint density at radius 1 is 0.750 bits per heavy atom. The standard InChI is InChI=1S/C23H19BrN4O3S/c1-14-7-8-17(13-19(14)24)21(30)26-23(32)28-27-22(31)16-9-11-18(12-10-16)25-20(29)15-5-3-2-4-6-15/h2-13H,1H3,(H,25,29)(H,27,31)(H2,26,28,30,32). The van der Waals surface area contributed by atoms with Crippen LogP contribution in [0.15, 0.2) is 77.3 Å². The van der Waals surface area contributed by atoms with Crippen LogP contribution in [-0.4, -0.2) is 22.8 Å². The van der Waals surface area contributed by atoms with Crippen LogP contribution in [0.25, 0.3) is 0 Å². The molecule has 0 atom stereocenters. The van der Waals surface area contributed by atoms with Gasteiger partial charge in [0, 0.05) is 26.9 Å². The van der Waals surface area contributed by atoms with Gasteiger partial charge < -0.3 is 5.32 Å². The Morgan fingerprint density at radius 2 is 1.38 bits per heavy atom. The Balaban J connectivity index is 1.50. The maximum absolute atomic E-state index is 12.3. The lowest BCUT2D eigenvalue weighted by molar-refractivity contribution is 0.0934. The zero-order valence-electron chi connectivity index (χ0n) is 16.9. The molecule has 0 unspecified atom stereocenters. The molecule has 0 aliphatic heterocycles. The average molecular weight is 511 g/mol. The molecule has 9 heteroatoms. The lowest BCUT2D eigenvalue weighted by Gasteiger charge is -2.12. The van der Waals surface area contributed by atoms with Gasteiger partial charge in [-0.05, 0) is 73.2 Å². The van der Waals surface area contributed by atoms with Crippen LogP contribution in [0.1, 0.15) is 36.6 Å². The van der Waals surface area contributed by atoms with E-state index in [0.717, 1.165) is 10.0 Å². The van der Waals surface area contributed by atoms with E-state index in [4.69, 9.17) is 12.2 Å². The molecule has 0 aliphatic carbocycles. The monoisotopic (exact) mass is 510 g/mol. The van der Waals surface area contributed by atoms with E-state index in [9.17, 15) is 14.4 Å². The van der Waals surface area contributed by atoms with Crippen LogP contribution < -0.4 is 21.5 Å². The van der Waals surface area contributed by atoms with Crippen molar-refractivity contribution in [2.75, 3.05) is 5.32 Å². The molecular formula is C23H19BrN4O3S. The summed E-state index contributed by atoms with van der Waals surface area (Å²) < 4.78 is 0.806. The molecule has 3 aromatic carbocycles. The second kappa shape index (κ2) is 10.7. The van der Waals surface area contributed by atoms with Gasteiger partial charge in [0.05, 0.1) is 0 Å². The number of carbonyl (C=O) groups excluding carboxylic acids is 3. The average Bonchev–Trinajstić information content (AvgIpc) is 2.80. The number of rotatable bonds is 4. The summed E-state index contributed by atoms with van der Waals surface area (Å²) in [6, 6.07) is 20.3. The van der Waals surface area contributed by atoms with Crippen molar-refractivity contribution in [1.82, 2.24) is 16.2 Å². The Morgan fingerprint density at radius 3 is 2.03 bits per heavy atom. The molecule has 0 bridgehead atoms. The second-order valence-corrected chi connectivity index (χ2v) is 7.99. The van der Waals surface area contributed by atoms with E-state index in [0.29, 0.717) is 22.4 Å².